The number of ether oxygens (including phenoxy) is 1. The summed E-state index contributed by atoms with van der Waals surface area (Å²) in [4.78, 5) is 0. The van der Waals surface area contributed by atoms with E-state index in [4.69, 9.17) is 11.2 Å². The fraction of sp³-hybridized carbons (Fsp3) is 0.556. The zero-order chi connectivity index (χ0) is 8.48. The second-order valence-electron chi connectivity index (χ2n) is 3.14. The number of terminal acetylenes is 1. The first-order valence-corrected chi connectivity index (χ1v) is 3.54. The number of hydrogen-bond acceptors (Lipinski definition) is 2. The van der Waals surface area contributed by atoms with Crippen LogP contribution in [0.25, 0.3) is 0 Å². The van der Waals surface area contributed by atoms with Gasteiger partial charge in [0.25, 0.3) is 0 Å². The van der Waals surface area contributed by atoms with Gasteiger partial charge in [-0.3, -0.25) is 0 Å². The molecule has 0 aromatic carbocycles. The van der Waals surface area contributed by atoms with Crippen molar-refractivity contribution in [3.8, 4) is 12.3 Å². The summed E-state index contributed by atoms with van der Waals surface area (Å²) in [6.07, 6.45) is 6.26. The molecular formula is C9H12O2. The maximum absolute atomic E-state index is 9.61. The largest absolute Gasteiger partial charge is 0.499 e. The first-order chi connectivity index (χ1) is 5.10. The fourth-order valence-corrected chi connectivity index (χ4v) is 1.11. The molecule has 0 spiro atoms. The summed E-state index contributed by atoms with van der Waals surface area (Å²) < 4.78 is 5.09. The third kappa shape index (κ3) is 1.24. The van der Waals surface area contributed by atoms with Gasteiger partial charge >= 0.3 is 0 Å². The molecule has 1 heterocycles. The van der Waals surface area contributed by atoms with E-state index in [0.29, 0.717) is 6.61 Å². The second-order valence-corrected chi connectivity index (χ2v) is 3.14. The Hall–Kier alpha value is -0.940. The maximum Gasteiger partial charge on any atom is 0.106 e. The van der Waals surface area contributed by atoms with Gasteiger partial charge in [-0.15, -0.1) is 6.42 Å². The van der Waals surface area contributed by atoms with Crippen LogP contribution >= 0.6 is 0 Å². The van der Waals surface area contributed by atoms with Gasteiger partial charge in [-0.05, 0) is 19.4 Å². The topological polar surface area (TPSA) is 29.5 Å². The summed E-state index contributed by atoms with van der Waals surface area (Å²) in [5.41, 5.74) is 0.232. The Bertz CT molecular complexity index is 224. The van der Waals surface area contributed by atoms with Gasteiger partial charge in [0.1, 0.15) is 6.61 Å². The number of aliphatic hydroxyl groups is 1. The lowest BCUT2D eigenvalue weighted by Crippen LogP contribution is -2.38. The first-order valence-electron chi connectivity index (χ1n) is 3.54. The molecule has 0 unspecified atom stereocenters. The number of hydrogen-bond donors (Lipinski definition) is 1. The minimum atomic E-state index is -0.568. The van der Waals surface area contributed by atoms with Gasteiger partial charge in [-0.2, -0.15) is 0 Å². The van der Waals surface area contributed by atoms with E-state index >= 15 is 0 Å². The Morgan fingerprint density at radius 2 is 2.55 bits per heavy atom. The molecule has 2 heteroatoms. The molecule has 0 aromatic heterocycles. The van der Waals surface area contributed by atoms with E-state index in [2.05, 4.69) is 5.92 Å². The molecular weight excluding hydrogens is 140 g/mol. The van der Waals surface area contributed by atoms with Gasteiger partial charge in [0, 0.05) is 0 Å². The molecule has 0 aromatic rings. The fourth-order valence-electron chi connectivity index (χ4n) is 1.11. The highest BCUT2D eigenvalue weighted by Crippen LogP contribution is 2.29. The predicted molar refractivity (Wildman–Crippen MR) is 42.7 cm³/mol. The van der Waals surface area contributed by atoms with Crippen LogP contribution in [0.4, 0.5) is 0 Å². The van der Waals surface area contributed by atoms with Crippen LogP contribution in [-0.4, -0.2) is 17.8 Å². The van der Waals surface area contributed by atoms with E-state index in [-0.39, 0.29) is 0 Å². The molecule has 0 bridgehead atoms. The monoisotopic (exact) mass is 152 g/mol. The summed E-state index contributed by atoms with van der Waals surface area (Å²) in [5, 5.41) is 9.61. The van der Waals surface area contributed by atoms with Crippen molar-refractivity contribution >= 4 is 0 Å². The van der Waals surface area contributed by atoms with E-state index in [1.165, 1.54) is 0 Å². The molecule has 0 aliphatic carbocycles. The molecule has 1 N–H and O–H groups in total. The SMILES string of the molecule is C#C[C@]1(C)COC=C(C)[C@@H]1O. The minimum absolute atomic E-state index is 0.391. The van der Waals surface area contributed by atoms with Crippen LogP contribution in [0.2, 0.25) is 0 Å². The number of aliphatic hydroxyl groups excluding tert-OH is 1. The highest BCUT2D eigenvalue weighted by Gasteiger charge is 2.35. The highest BCUT2D eigenvalue weighted by atomic mass is 16.5. The zero-order valence-corrected chi connectivity index (χ0v) is 6.79. The van der Waals surface area contributed by atoms with Crippen LogP contribution in [-0.2, 0) is 4.74 Å². The van der Waals surface area contributed by atoms with E-state index in [1.54, 1.807) is 13.2 Å². The molecule has 11 heavy (non-hydrogen) atoms. The summed E-state index contributed by atoms with van der Waals surface area (Å²) in [6.45, 7) is 4.01. The van der Waals surface area contributed by atoms with Crippen molar-refractivity contribution < 1.29 is 9.84 Å². The van der Waals surface area contributed by atoms with Crippen molar-refractivity contribution in [1.82, 2.24) is 0 Å². The Morgan fingerprint density at radius 1 is 1.91 bits per heavy atom. The Morgan fingerprint density at radius 3 is 3.00 bits per heavy atom. The van der Waals surface area contributed by atoms with Gasteiger partial charge in [0.15, 0.2) is 0 Å². The normalized spacial score (nSPS) is 36.9. The van der Waals surface area contributed by atoms with Crippen LogP contribution in [0.3, 0.4) is 0 Å². The van der Waals surface area contributed by atoms with E-state index in [1.807, 2.05) is 6.92 Å². The molecule has 0 saturated carbocycles. The maximum atomic E-state index is 9.61. The third-order valence-electron chi connectivity index (χ3n) is 2.02. The highest BCUT2D eigenvalue weighted by molar-refractivity contribution is 5.19. The molecule has 1 aliphatic heterocycles. The van der Waals surface area contributed by atoms with Crippen LogP contribution in [0.5, 0.6) is 0 Å². The molecule has 1 aliphatic rings. The molecule has 2 atom stereocenters. The van der Waals surface area contributed by atoms with Gasteiger partial charge in [0.05, 0.1) is 17.8 Å². The Balaban J connectivity index is 2.90. The van der Waals surface area contributed by atoms with Crippen molar-refractivity contribution in [2.24, 2.45) is 5.41 Å². The molecule has 0 saturated heterocycles. The quantitative estimate of drug-likeness (QED) is 0.523. The smallest absolute Gasteiger partial charge is 0.106 e. The van der Waals surface area contributed by atoms with Crippen LogP contribution in [0.1, 0.15) is 13.8 Å². The average Bonchev–Trinajstić information content (AvgIpc) is 2.00. The molecule has 0 radical (unpaired) electrons. The van der Waals surface area contributed by atoms with Gasteiger partial charge in [0.2, 0.25) is 0 Å². The summed E-state index contributed by atoms with van der Waals surface area (Å²) in [7, 11) is 0. The van der Waals surface area contributed by atoms with E-state index in [0.717, 1.165) is 5.57 Å². The summed E-state index contributed by atoms with van der Waals surface area (Å²) in [6, 6.07) is 0. The van der Waals surface area contributed by atoms with Crippen LogP contribution < -0.4 is 0 Å². The zero-order valence-electron chi connectivity index (χ0n) is 6.79. The predicted octanol–water partition coefficient (Wildman–Crippen LogP) is 0.921. The van der Waals surface area contributed by atoms with Crippen LogP contribution in [0, 0.1) is 17.8 Å². The molecule has 2 nitrogen and oxygen atoms in total. The Kier molecular flexibility index (Phi) is 1.92. The standard InChI is InChI=1S/C9H12O2/c1-4-9(3)6-11-5-7(2)8(9)10/h1,5,8,10H,6H2,2-3H3/t8-,9+/m0/s1. The van der Waals surface area contributed by atoms with Crippen molar-refractivity contribution in [2.45, 2.75) is 20.0 Å². The lowest BCUT2D eigenvalue weighted by atomic mass is 9.81. The van der Waals surface area contributed by atoms with Crippen molar-refractivity contribution in [3.63, 3.8) is 0 Å². The van der Waals surface area contributed by atoms with E-state index < -0.39 is 11.5 Å². The molecule has 1 rings (SSSR count). The molecule has 0 amide bonds. The van der Waals surface area contributed by atoms with Gasteiger partial charge in [-0.25, -0.2) is 0 Å². The average molecular weight is 152 g/mol. The summed E-state index contributed by atoms with van der Waals surface area (Å²) in [5.74, 6) is 2.54. The number of rotatable bonds is 0. The lowest BCUT2D eigenvalue weighted by molar-refractivity contribution is 0.0265. The van der Waals surface area contributed by atoms with E-state index in [9.17, 15) is 5.11 Å². The first kappa shape index (κ1) is 8.16. The molecule has 60 valence electrons. The van der Waals surface area contributed by atoms with Crippen molar-refractivity contribution in [2.75, 3.05) is 6.61 Å². The lowest BCUT2D eigenvalue weighted by Gasteiger charge is -2.32. The van der Waals surface area contributed by atoms with Gasteiger partial charge < -0.3 is 9.84 Å². The van der Waals surface area contributed by atoms with Crippen LogP contribution in [0.15, 0.2) is 11.8 Å². The van der Waals surface area contributed by atoms with Gasteiger partial charge in [-0.1, -0.05) is 5.92 Å². The molecule has 0 fully saturated rings. The summed E-state index contributed by atoms with van der Waals surface area (Å²) >= 11 is 0. The Labute approximate surface area is 66.9 Å². The van der Waals surface area contributed by atoms with Crippen molar-refractivity contribution in [3.05, 3.63) is 11.8 Å². The third-order valence-corrected chi connectivity index (χ3v) is 2.02. The second kappa shape index (κ2) is 2.60. The van der Waals surface area contributed by atoms with Crippen molar-refractivity contribution in [1.29, 1.82) is 0 Å². The minimum Gasteiger partial charge on any atom is -0.499 e.